The van der Waals surface area contributed by atoms with Crippen LogP contribution in [0.25, 0.3) is 10.9 Å². The molecular formula is C18H15ClN2O3. The summed E-state index contributed by atoms with van der Waals surface area (Å²) in [6.07, 6.45) is 0.478. The first kappa shape index (κ1) is 16.2. The Bertz CT molecular complexity index is 933. The van der Waals surface area contributed by atoms with E-state index >= 15 is 0 Å². The van der Waals surface area contributed by atoms with Crippen molar-refractivity contribution in [2.75, 3.05) is 0 Å². The predicted octanol–water partition coefficient (Wildman–Crippen LogP) is 3.95. The Balaban J connectivity index is 1.84. The van der Waals surface area contributed by atoms with E-state index in [1.54, 1.807) is 13.0 Å². The fraction of sp³-hybridized carbons (Fsp3) is 0.167. The molecule has 1 atom stereocenters. The first-order valence-electron chi connectivity index (χ1n) is 7.41. The maximum atomic E-state index is 12.7. The molecule has 0 amide bonds. The lowest BCUT2D eigenvalue weighted by atomic mass is 10.0. The number of aromatic nitrogens is 2. The molecule has 0 aliphatic heterocycles. The van der Waals surface area contributed by atoms with Gasteiger partial charge in [-0.2, -0.15) is 0 Å². The van der Waals surface area contributed by atoms with Gasteiger partial charge in [0.25, 0.3) is 0 Å². The van der Waals surface area contributed by atoms with Crippen molar-refractivity contribution in [1.29, 1.82) is 0 Å². The van der Waals surface area contributed by atoms with Crippen LogP contribution in [-0.4, -0.2) is 27.8 Å². The number of hydrogen-bond donors (Lipinski definition) is 1. The zero-order valence-electron chi connectivity index (χ0n) is 13.2. The number of esters is 1. The molecule has 3 rings (SSSR count). The number of fused-ring (bicyclic) bond motifs is 1. The number of nitrogens with zero attached hydrogens (tertiary/aromatic N) is 1. The SMILES string of the molecule is Cc1[nH]c2ccccc2c1C(=O)[C@@H](C)OC(=O)c1cc(Cl)ccn1. The van der Waals surface area contributed by atoms with Crippen LogP contribution in [0.5, 0.6) is 0 Å². The Morgan fingerprint density at radius 2 is 2.00 bits per heavy atom. The number of nitrogens with one attached hydrogen (secondary N) is 1. The van der Waals surface area contributed by atoms with Crippen LogP contribution >= 0.6 is 11.6 Å². The number of rotatable bonds is 4. The molecule has 0 bridgehead atoms. The molecule has 24 heavy (non-hydrogen) atoms. The number of H-pyrrole nitrogens is 1. The van der Waals surface area contributed by atoms with Crippen LogP contribution in [0.4, 0.5) is 0 Å². The molecule has 0 spiro atoms. The van der Waals surface area contributed by atoms with Crippen LogP contribution in [0.3, 0.4) is 0 Å². The number of aromatic amines is 1. The van der Waals surface area contributed by atoms with Gasteiger partial charge in [-0.15, -0.1) is 0 Å². The number of pyridine rings is 1. The van der Waals surface area contributed by atoms with Crippen molar-refractivity contribution in [2.45, 2.75) is 20.0 Å². The van der Waals surface area contributed by atoms with E-state index in [-0.39, 0.29) is 11.5 Å². The van der Waals surface area contributed by atoms with Crippen molar-refractivity contribution in [1.82, 2.24) is 9.97 Å². The van der Waals surface area contributed by atoms with Crippen molar-refractivity contribution in [3.05, 3.63) is 64.6 Å². The molecule has 0 saturated heterocycles. The van der Waals surface area contributed by atoms with E-state index in [0.717, 1.165) is 16.6 Å². The summed E-state index contributed by atoms with van der Waals surface area (Å²) in [5.41, 5.74) is 2.21. The highest BCUT2D eigenvalue weighted by molar-refractivity contribution is 6.30. The summed E-state index contributed by atoms with van der Waals surface area (Å²) in [6, 6.07) is 10.5. The standard InChI is InChI=1S/C18H15ClN2O3/c1-10-16(13-5-3-4-6-14(13)21-10)17(22)11(2)24-18(23)15-9-12(19)7-8-20-15/h3-9,11,21H,1-2H3/t11-/m1/s1. The van der Waals surface area contributed by atoms with Crippen LogP contribution in [-0.2, 0) is 4.74 Å². The third-order valence-corrected chi connectivity index (χ3v) is 3.96. The summed E-state index contributed by atoms with van der Waals surface area (Å²) in [6.45, 7) is 3.37. The Morgan fingerprint density at radius 1 is 1.25 bits per heavy atom. The summed E-state index contributed by atoms with van der Waals surface area (Å²) in [7, 11) is 0. The van der Waals surface area contributed by atoms with Gasteiger partial charge < -0.3 is 9.72 Å². The number of para-hydroxylation sites is 1. The van der Waals surface area contributed by atoms with Gasteiger partial charge in [-0.3, -0.25) is 4.79 Å². The predicted molar refractivity (Wildman–Crippen MR) is 91.5 cm³/mol. The number of carbonyl (C=O) groups is 2. The van der Waals surface area contributed by atoms with Crippen LogP contribution in [0, 0.1) is 6.92 Å². The smallest absolute Gasteiger partial charge is 0.357 e. The number of ketones is 1. The second kappa shape index (κ2) is 6.45. The molecule has 5 nitrogen and oxygen atoms in total. The Morgan fingerprint density at radius 3 is 2.75 bits per heavy atom. The van der Waals surface area contributed by atoms with Crippen molar-refractivity contribution in [3.8, 4) is 0 Å². The van der Waals surface area contributed by atoms with E-state index in [2.05, 4.69) is 9.97 Å². The van der Waals surface area contributed by atoms with E-state index in [1.807, 2.05) is 31.2 Å². The number of Topliss-reactive ketones (excluding diaryl/α,β-unsaturated/α-hetero) is 1. The van der Waals surface area contributed by atoms with Gasteiger partial charge in [0.15, 0.2) is 6.10 Å². The molecular weight excluding hydrogens is 328 g/mol. The minimum atomic E-state index is -0.934. The number of aryl methyl sites for hydroxylation is 1. The minimum Gasteiger partial charge on any atom is -0.450 e. The summed E-state index contributed by atoms with van der Waals surface area (Å²) in [4.78, 5) is 31.9. The van der Waals surface area contributed by atoms with E-state index in [0.29, 0.717) is 10.6 Å². The minimum absolute atomic E-state index is 0.0674. The Labute approximate surface area is 143 Å². The number of benzene rings is 1. The lowest BCUT2D eigenvalue weighted by molar-refractivity contribution is 0.0313. The number of carbonyl (C=O) groups excluding carboxylic acids is 2. The van der Waals surface area contributed by atoms with Crippen molar-refractivity contribution >= 4 is 34.3 Å². The summed E-state index contributed by atoms with van der Waals surface area (Å²) < 4.78 is 5.26. The second-order valence-corrected chi connectivity index (χ2v) is 5.88. The maximum absolute atomic E-state index is 12.7. The molecule has 0 aliphatic rings. The number of hydrogen-bond acceptors (Lipinski definition) is 4. The average molecular weight is 343 g/mol. The molecule has 0 saturated carbocycles. The lowest BCUT2D eigenvalue weighted by Crippen LogP contribution is -2.25. The van der Waals surface area contributed by atoms with Crippen LogP contribution in [0.1, 0.15) is 33.5 Å². The molecule has 0 aliphatic carbocycles. The molecule has 6 heteroatoms. The maximum Gasteiger partial charge on any atom is 0.357 e. The second-order valence-electron chi connectivity index (χ2n) is 5.44. The highest BCUT2D eigenvalue weighted by Crippen LogP contribution is 2.24. The summed E-state index contributed by atoms with van der Waals surface area (Å²) >= 11 is 5.84. The molecule has 0 fully saturated rings. The van der Waals surface area contributed by atoms with E-state index in [4.69, 9.17) is 16.3 Å². The topological polar surface area (TPSA) is 72.1 Å². The van der Waals surface area contributed by atoms with Crippen LogP contribution in [0.15, 0.2) is 42.6 Å². The zero-order valence-corrected chi connectivity index (χ0v) is 13.9. The van der Waals surface area contributed by atoms with Crippen LogP contribution in [0.2, 0.25) is 5.02 Å². The Hall–Kier alpha value is -2.66. The molecule has 0 radical (unpaired) electrons. The number of halogens is 1. The fourth-order valence-corrected chi connectivity index (χ4v) is 2.75. The molecule has 0 unspecified atom stereocenters. The third kappa shape index (κ3) is 3.03. The fourth-order valence-electron chi connectivity index (χ4n) is 2.59. The van der Waals surface area contributed by atoms with Gasteiger partial charge >= 0.3 is 5.97 Å². The quantitative estimate of drug-likeness (QED) is 0.575. The van der Waals surface area contributed by atoms with E-state index in [1.165, 1.54) is 12.3 Å². The normalized spacial score (nSPS) is 12.1. The van der Waals surface area contributed by atoms with Crippen LogP contribution < -0.4 is 0 Å². The number of ether oxygens (including phenoxy) is 1. The molecule has 2 aromatic heterocycles. The van der Waals surface area contributed by atoms with Gasteiger partial charge in [0.2, 0.25) is 5.78 Å². The van der Waals surface area contributed by atoms with Gasteiger partial charge in [-0.25, -0.2) is 9.78 Å². The van der Waals surface area contributed by atoms with Gasteiger partial charge in [0.05, 0.1) is 0 Å². The highest BCUT2D eigenvalue weighted by atomic mass is 35.5. The van der Waals surface area contributed by atoms with Gasteiger partial charge in [-0.1, -0.05) is 29.8 Å². The van der Waals surface area contributed by atoms with E-state index < -0.39 is 12.1 Å². The molecule has 3 aromatic rings. The molecule has 2 heterocycles. The zero-order chi connectivity index (χ0) is 17.3. The third-order valence-electron chi connectivity index (χ3n) is 3.72. The Kier molecular flexibility index (Phi) is 4.36. The summed E-state index contributed by atoms with van der Waals surface area (Å²) in [5, 5.41) is 1.19. The van der Waals surface area contributed by atoms with Gasteiger partial charge in [-0.05, 0) is 32.0 Å². The monoisotopic (exact) mass is 342 g/mol. The van der Waals surface area contributed by atoms with Crippen molar-refractivity contribution in [2.24, 2.45) is 0 Å². The first-order valence-corrected chi connectivity index (χ1v) is 7.79. The summed E-state index contributed by atoms with van der Waals surface area (Å²) in [5.74, 6) is -0.948. The molecule has 1 N–H and O–H groups in total. The largest absolute Gasteiger partial charge is 0.450 e. The van der Waals surface area contributed by atoms with Crippen molar-refractivity contribution in [3.63, 3.8) is 0 Å². The van der Waals surface area contributed by atoms with Gasteiger partial charge in [0, 0.05) is 33.4 Å². The van der Waals surface area contributed by atoms with Gasteiger partial charge in [0.1, 0.15) is 5.69 Å². The highest BCUT2D eigenvalue weighted by Gasteiger charge is 2.25. The van der Waals surface area contributed by atoms with Crippen molar-refractivity contribution < 1.29 is 14.3 Å². The van der Waals surface area contributed by atoms with E-state index in [9.17, 15) is 9.59 Å². The average Bonchev–Trinajstić information content (AvgIpc) is 2.89. The first-order chi connectivity index (χ1) is 11.5. The lowest BCUT2D eigenvalue weighted by Gasteiger charge is -2.12. The molecule has 1 aromatic carbocycles. The molecule has 122 valence electrons.